The van der Waals surface area contributed by atoms with Gasteiger partial charge in [0.1, 0.15) is 5.23 Å². The number of nitro groups is 1. The molecule has 100 valence electrons. The maximum atomic E-state index is 11.1. The molecule has 1 N–H and O–H groups in total. The zero-order valence-electron chi connectivity index (χ0n) is 10.4. The van der Waals surface area contributed by atoms with E-state index in [1.807, 2.05) is 48.5 Å². The van der Waals surface area contributed by atoms with Crippen molar-refractivity contribution in [1.82, 2.24) is 10.8 Å². The van der Waals surface area contributed by atoms with Crippen LogP contribution < -0.4 is 10.5 Å². The number of benzene rings is 2. The topological polar surface area (TPSA) is 74.0 Å². The van der Waals surface area contributed by atoms with E-state index < -0.39 is 5.03 Å². The van der Waals surface area contributed by atoms with Gasteiger partial charge in [-0.05, 0) is 12.1 Å². The monoisotopic (exact) mass is 269 g/mol. The Hall–Kier alpha value is -3.09. The number of nitrogens with one attached hydrogen (secondary N) is 1. The SMILES string of the molecule is O=[N+]([O-])N1NN=C(c2ccccc2)N1c1ccccc1. The van der Waals surface area contributed by atoms with E-state index in [0.717, 1.165) is 10.8 Å². The molecule has 0 spiro atoms. The summed E-state index contributed by atoms with van der Waals surface area (Å²) in [6.45, 7) is 0. The second-order valence-corrected chi connectivity index (χ2v) is 4.08. The molecule has 0 saturated carbocycles. The van der Waals surface area contributed by atoms with E-state index in [-0.39, 0.29) is 0 Å². The first-order valence-corrected chi connectivity index (χ1v) is 5.95. The van der Waals surface area contributed by atoms with Gasteiger partial charge in [-0.25, -0.2) is 10.1 Å². The van der Waals surface area contributed by atoms with E-state index in [0.29, 0.717) is 11.5 Å². The number of hydrazine groups is 3. The molecular weight excluding hydrogens is 258 g/mol. The highest BCUT2D eigenvalue weighted by atomic mass is 16.7. The van der Waals surface area contributed by atoms with Gasteiger partial charge in [0, 0.05) is 5.56 Å². The molecule has 0 bridgehead atoms. The van der Waals surface area contributed by atoms with Gasteiger partial charge in [0.2, 0.25) is 5.03 Å². The molecule has 0 radical (unpaired) electrons. The van der Waals surface area contributed by atoms with Gasteiger partial charge in [0.05, 0.1) is 5.69 Å². The number of hydrogen-bond acceptors (Lipinski definition) is 5. The third-order valence-electron chi connectivity index (χ3n) is 2.82. The average molecular weight is 269 g/mol. The first-order chi connectivity index (χ1) is 9.77. The maximum Gasteiger partial charge on any atom is 0.205 e. The number of nitrogens with zero attached hydrogens (tertiary/aromatic N) is 4. The van der Waals surface area contributed by atoms with Crippen LogP contribution in [-0.4, -0.2) is 16.1 Å². The first-order valence-electron chi connectivity index (χ1n) is 5.95. The van der Waals surface area contributed by atoms with E-state index in [4.69, 9.17) is 0 Å². The van der Waals surface area contributed by atoms with Gasteiger partial charge in [0.25, 0.3) is 0 Å². The molecule has 7 heteroatoms. The smallest absolute Gasteiger partial charge is 0.205 e. The van der Waals surface area contributed by atoms with Crippen LogP contribution in [0.25, 0.3) is 0 Å². The molecule has 2 aromatic carbocycles. The van der Waals surface area contributed by atoms with E-state index in [9.17, 15) is 10.1 Å². The number of hydrazone groups is 1. The van der Waals surface area contributed by atoms with Crippen molar-refractivity contribution in [2.45, 2.75) is 0 Å². The molecule has 1 aliphatic heterocycles. The second kappa shape index (κ2) is 4.88. The van der Waals surface area contributed by atoms with Gasteiger partial charge in [-0.2, -0.15) is 5.01 Å². The lowest BCUT2D eigenvalue weighted by Crippen LogP contribution is -2.49. The average Bonchev–Trinajstić information content (AvgIpc) is 2.94. The zero-order valence-corrected chi connectivity index (χ0v) is 10.4. The number of rotatable bonds is 3. The van der Waals surface area contributed by atoms with Crippen LogP contribution >= 0.6 is 0 Å². The molecule has 0 saturated heterocycles. The Morgan fingerprint density at radius 1 is 1.00 bits per heavy atom. The molecule has 2 aromatic rings. The third-order valence-corrected chi connectivity index (χ3v) is 2.82. The number of para-hydroxylation sites is 1. The minimum absolute atomic E-state index is 0.466. The molecule has 0 aliphatic carbocycles. The molecule has 7 nitrogen and oxygen atoms in total. The first kappa shape index (κ1) is 12.0. The summed E-state index contributed by atoms with van der Waals surface area (Å²) in [7, 11) is 0. The standard InChI is InChI=1S/C13H11N5O2/c19-18(20)17-15-14-13(11-7-3-1-4-8-11)16(17)12-9-5-2-6-10-12/h1-10,15H. The molecule has 1 aliphatic rings. The van der Waals surface area contributed by atoms with Gasteiger partial charge >= 0.3 is 0 Å². The minimum Gasteiger partial charge on any atom is -0.232 e. The summed E-state index contributed by atoms with van der Waals surface area (Å²) < 4.78 is 0. The number of hydrogen-bond donors (Lipinski definition) is 1. The number of amidine groups is 1. The lowest BCUT2D eigenvalue weighted by Gasteiger charge is -2.21. The summed E-state index contributed by atoms with van der Waals surface area (Å²) in [5.74, 6) is 0.466. The predicted octanol–water partition coefficient (Wildman–Crippen LogP) is 1.78. The summed E-state index contributed by atoms with van der Waals surface area (Å²) >= 11 is 0. The van der Waals surface area contributed by atoms with Crippen LogP contribution in [0.1, 0.15) is 5.56 Å². The van der Waals surface area contributed by atoms with E-state index in [1.165, 1.54) is 5.01 Å². The highest BCUT2D eigenvalue weighted by Gasteiger charge is 2.35. The largest absolute Gasteiger partial charge is 0.232 e. The molecule has 1 heterocycles. The molecule has 0 fully saturated rings. The summed E-state index contributed by atoms with van der Waals surface area (Å²) in [5, 5.41) is 16.8. The van der Waals surface area contributed by atoms with Gasteiger partial charge in [-0.1, -0.05) is 48.5 Å². The lowest BCUT2D eigenvalue weighted by atomic mass is 10.2. The fourth-order valence-corrected chi connectivity index (χ4v) is 1.96. The maximum absolute atomic E-state index is 11.1. The van der Waals surface area contributed by atoms with Crippen molar-refractivity contribution in [3.8, 4) is 0 Å². The van der Waals surface area contributed by atoms with Crippen LogP contribution in [0, 0.1) is 10.1 Å². The molecule has 0 atom stereocenters. The van der Waals surface area contributed by atoms with Crippen molar-refractivity contribution in [3.63, 3.8) is 0 Å². The summed E-state index contributed by atoms with van der Waals surface area (Å²) in [6.07, 6.45) is 0. The minimum atomic E-state index is -0.563. The van der Waals surface area contributed by atoms with Crippen molar-refractivity contribution in [3.05, 3.63) is 76.3 Å². The molecule has 0 aromatic heterocycles. The van der Waals surface area contributed by atoms with Crippen LogP contribution in [0.15, 0.2) is 65.8 Å². The van der Waals surface area contributed by atoms with Crippen LogP contribution in [0.5, 0.6) is 0 Å². The van der Waals surface area contributed by atoms with Gasteiger partial charge in [-0.3, -0.25) is 0 Å². The molecule has 3 rings (SSSR count). The van der Waals surface area contributed by atoms with E-state index in [2.05, 4.69) is 10.6 Å². The van der Waals surface area contributed by atoms with E-state index >= 15 is 0 Å². The Morgan fingerprint density at radius 2 is 1.60 bits per heavy atom. The highest BCUT2D eigenvalue weighted by Crippen LogP contribution is 2.21. The van der Waals surface area contributed by atoms with Crippen molar-refractivity contribution in [2.24, 2.45) is 5.10 Å². The fourth-order valence-electron chi connectivity index (χ4n) is 1.96. The lowest BCUT2D eigenvalue weighted by molar-refractivity contribution is -0.668. The highest BCUT2D eigenvalue weighted by molar-refractivity contribution is 6.09. The Morgan fingerprint density at radius 3 is 2.20 bits per heavy atom. The van der Waals surface area contributed by atoms with Crippen LogP contribution in [0.3, 0.4) is 0 Å². The Kier molecular flexibility index (Phi) is 2.92. The summed E-state index contributed by atoms with van der Waals surface area (Å²) in [5.41, 5.74) is 3.84. The van der Waals surface area contributed by atoms with Crippen molar-refractivity contribution >= 4 is 11.5 Å². The van der Waals surface area contributed by atoms with Crippen molar-refractivity contribution in [1.29, 1.82) is 0 Å². The van der Waals surface area contributed by atoms with E-state index in [1.54, 1.807) is 12.1 Å². The Bertz CT molecular complexity index is 644. The summed E-state index contributed by atoms with van der Waals surface area (Å²) in [4.78, 5) is 11.1. The normalized spacial score (nSPS) is 13.9. The van der Waals surface area contributed by atoms with Gasteiger partial charge in [0.15, 0.2) is 5.84 Å². The molecule has 20 heavy (non-hydrogen) atoms. The molecule has 0 amide bonds. The van der Waals surface area contributed by atoms with Gasteiger partial charge < -0.3 is 0 Å². The Labute approximate surface area is 114 Å². The fraction of sp³-hybridized carbons (Fsp3) is 0. The van der Waals surface area contributed by atoms with Crippen molar-refractivity contribution < 1.29 is 5.03 Å². The van der Waals surface area contributed by atoms with Crippen LogP contribution in [-0.2, 0) is 0 Å². The van der Waals surface area contributed by atoms with Gasteiger partial charge in [-0.15, -0.1) is 10.6 Å². The van der Waals surface area contributed by atoms with Crippen LogP contribution in [0.4, 0.5) is 5.69 Å². The zero-order chi connectivity index (χ0) is 13.9. The summed E-state index contributed by atoms with van der Waals surface area (Å²) in [6, 6.07) is 18.3. The third kappa shape index (κ3) is 2.01. The quantitative estimate of drug-likeness (QED) is 0.679. The Balaban J connectivity index is 2.04. The van der Waals surface area contributed by atoms with Crippen molar-refractivity contribution in [2.75, 3.05) is 5.01 Å². The number of anilines is 1. The molecule has 0 unspecified atom stereocenters. The van der Waals surface area contributed by atoms with Crippen LogP contribution in [0.2, 0.25) is 0 Å². The predicted molar refractivity (Wildman–Crippen MR) is 73.9 cm³/mol. The molecular formula is C13H11N5O2. The second-order valence-electron chi connectivity index (χ2n) is 4.08.